The number of ether oxygens (including phenoxy) is 1. The first-order chi connectivity index (χ1) is 13.5. The Kier molecular flexibility index (Phi) is 5.35. The summed E-state index contributed by atoms with van der Waals surface area (Å²) in [7, 11) is 0. The lowest BCUT2D eigenvalue weighted by atomic mass is 10.1. The zero-order chi connectivity index (χ0) is 19.7. The monoisotopic (exact) mass is 385 g/mol. The molecular weight excluding hydrogens is 358 g/mol. The van der Waals surface area contributed by atoms with Gasteiger partial charge in [-0.3, -0.25) is 14.4 Å². The molecule has 1 N–H and O–H groups in total. The van der Waals surface area contributed by atoms with E-state index in [1.807, 2.05) is 0 Å². The van der Waals surface area contributed by atoms with Crippen molar-refractivity contribution in [3.63, 3.8) is 0 Å². The normalized spacial score (nSPS) is 26.8. The van der Waals surface area contributed by atoms with Crippen LogP contribution < -0.4 is 5.32 Å². The summed E-state index contributed by atoms with van der Waals surface area (Å²) in [6.07, 6.45) is 2.37. The van der Waals surface area contributed by atoms with E-state index in [0.29, 0.717) is 50.0 Å². The van der Waals surface area contributed by atoms with E-state index in [4.69, 9.17) is 4.74 Å². The van der Waals surface area contributed by atoms with E-state index in [1.165, 1.54) is 0 Å². The Balaban J connectivity index is 1.28. The number of amides is 3. The Morgan fingerprint density at radius 1 is 1.04 bits per heavy atom. The molecule has 3 unspecified atom stereocenters. The van der Waals surface area contributed by atoms with Crippen molar-refractivity contribution in [3.8, 4) is 0 Å². The average Bonchev–Trinajstić information content (AvgIpc) is 3.21. The van der Waals surface area contributed by atoms with Crippen LogP contribution in [0.4, 0.5) is 5.69 Å². The molecule has 28 heavy (non-hydrogen) atoms. The lowest BCUT2D eigenvalue weighted by Gasteiger charge is -2.35. The third-order valence-corrected chi connectivity index (χ3v) is 5.93. The lowest BCUT2D eigenvalue weighted by molar-refractivity contribution is -0.142. The van der Waals surface area contributed by atoms with Crippen LogP contribution in [0.5, 0.6) is 0 Å². The van der Waals surface area contributed by atoms with Crippen molar-refractivity contribution >= 4 is 23.4 Å². The number of hydrogen-bond acceptors (Lipinski definition) is 4. The predicted molar refractivity (Wildman–Crippen MR) is 104 cm³/mol. The summed E-state index contributed by atoms with van der Waals surface area (Å²) in [6.45, 7) is 4.85. The number of hydrogen-bond donors (Lipinski definition) is 1. The Labute approximate surface area is 165 Å². The van der Waals surface area contributed by atoms with E-state index >= 15 is 0 Å². The Bertz CT molecular complexity index is 749. The second kappa shape index (κ2) is 7.91. The van der Waals surface area contributed by atoms with Crippen molar-refractivity contribution in [3.05, 3.63) is 29.8 Å². The average molecular weight is 385 g/mol. The van der Waals surface area contributed by atoms with Crippen LogP contribution in [0, 0.1) is 11.8 Å². The van der Waals surface area contributed by atoms with E-state index in [-0.39, 0.29) is 29.7 Å². The van der Waals surface area contributed by atoms with Gasteiger partial charge in [-0.1, -0.05) is 6.92 Å². The van der Waals surface area contributed by atoms with Crippen LogP contribution >= 0.6 is 0 Å². The number of benzene rings is 1. The van der Waals surface area contributed by atoms with E-state index < -0.39 is 0 Å². The molecule has 0 spiro atoms. The van der Waals surface area contributed by atoms with Gasteiger partial charge in [-0.05, 0) is 49.4 Å². The van der Waals surface area contributed by atoms with Crippen molar-refractivity contribution in [2.24, 2.45) is 11.8 Å². The highest BCUT2D eigenvalue weighted by Crippen LogP contribution is 2.38. The third kappa shape index (κ3) is 4.04. The van der Waals surface area contributed by atoms with Crippen molar-refractivity contribution < 1.29 is 19.1 Å². The minimum absolute atomic E-state index is 0.0436. The number of rotatable bonds is 4. The Hall–Kier alpha value is -2.41. The number of piperazine rings is 1. The SMILES string of the molecule is CC1CC1C(=O)Nc1ccc(C(=O)N2CCN(C(=O)C3CCCO3)CC2)cc1. The van der Waals surface area contributed by atoms with Gasteiger partial charge in [0.2, 0.25) is 5.91 Å². The molecule has 7 heteroatoms. The minimum atomic E-state index is -0.302. The number of carbonyl (C=O) groups is 3. The molecule has 1 saturated carbocycles. The standard InChI is InChI=1S/C21H27N3O4/c1-14-13-17(14)19(25)22-16-6-4-15(5-7-16)20(26)23-8-10-24(11-9-23)21(27)18-3-2-12-28-18/h4-7,14,17-18H,2-3,8-13H2,1H3,(H,22,25). The summed E-state index contributed by atoms with van der Waals surface area (Å²) in [5, 5.41) is 2.91. The molecule has 2 heterocycles. The number of nitrogens with zero attached hydrogens (tertiary/aromatic N) is 2. The number of carbonyl (C=O) groups excluding carboxylic acids is 3. The van der Waals surface area contributed by atoms with Gasteiger partial charge in [0, 0.05) is 50.0 Å². The molecule has 2 saturated heterocycles. The minimum Gasteiger partial charge on any atom is -0.368 e. The Morgan fingerprint density at radius 2 is 1.68 bits per heavy atom. The summed E-state index contributed by atoms with van der Waals surface area (Å²) in [5.74, 6) is 0.646. The highest BCUT2D eigenvalue weighted by atomic mass is 16.5. The quantitative estimate of drug-likeness (QED) is 0.856. The summed E-state index contributed by atoms with van der Waals surface area (Å²) in [5.41, 5.74) is 1.31. The van der Waals surface area contributed by atoms with Gasteiger partial charge in [0.05, 0.1) is 0 Å². The molecule has 3 fully saturated rings. The first-order valence-electron chi connectivity index (χ1n) is 10.1. The van der Waals surface area contributed by atoms with Gasteiger partial charge in [-0.2, -0.15) is 0 Å². The van der Waals surface area contributed by atoms with Gasteiger partial charge in [0.1, 0.15) is 6.10 Å². The number of anilines is 1. The molecule has 3 aliphatic rings. The zero-order valence-electron chi connectivity index (χ0n) is 16.2. The van der Waals surface area contributed by atoms with Crippen LogP contribution in [-0.4, -0.2) is 66.4 Å². The molecule has 0 radical (unpaired) electrons. The van der Waals surface area contributed by atoms with E-state index in [0.717, 1.165) is 19.3 Å². The smallest absolute Gasteiger partial charge is 0.253 e. The van der Waals surface area contributed by atoms with E-state index in [1.54, 1.807) is 34.1 Å². The highest BCUT2D eigenvalue weighted by molar-refractivity contribution is 5.97. The van der Waals surface area contributed by atoms with Crippen LogP contribution in [0.1, 0.15) is 36.5 Å². The fourth-order valence-corrected chi connectivity index (χ4v) is 3.91. The second-order valence-electron chi connectivity index (χ2n) is 8.01. The van der Waals surface area contributed by atoms with E-state index in [2.05, 4.69) is 12.2 Å². The van der Waals surface area contributed by atoms with Gasteiger partial charge in [-0.25, -0.2) is 0 Å². The summed E-state index contributed by atoms with van der Waals surface area (Å²) < 4.78 is 5.47. The third-order valence-electron chi connectivity index (χ3n) is 5.93. The van der Waals surface area contributed by atoms with Gasteiger partial charge >= 0.3 is 0 Å². The first-order valence-corrected chi connectivity index (χ1v) is 10.1. The fraction of sp³-hybridized carbons (Fsp3) is 0.571. The van der Waals surface area contributed by atoms with Crippen molar-refractivity contribution in [2.75, 3.05) is 38.1 Å². The summed E-state index contributed by atoms with van der Waals surface area (Å²) in [6, 6.07) is 7.04. The maximum absolute atomic E-state index is 12.7. The zero-order valence-corrected chi connectivity index (χ0v) is 16.2. The highest BCUT2D eigenvalue weighted by Gasteiger charge is 2.39. The molecule has 150 valence electrons. The molecular formula is C21H27N3O4. The maximum Gasteiger partial charge on any atom is 0.253 e. The first kappa shape index (κ1) is 18.9. The van der Waals surface area contributed by atoms with Crippen LogP contribution in [0.15, 0.2) is 24.3 Å². The second-order valence-corrected chi connectivity index (χ2v) is 8.01. The summed E-state index contributed by atoms with van der Waals surface area (Å²) >= 11 is 0. The number of nitrogens with one attached hydrogen (secondary N) is 1. The fourth-order valence-electron chi connectivity index (χ4n) is 3.91. The molecule has 1 aromatic carbocycles. The molecule has 7 nitrogen and oxygen atoms in total. The summed E-state index contributed by atoms with van der Waals surface area (Å²) in [4.78, 5) is 40.7. The topological polar surface area (TPSA) is 79.0 Å². The molecule has 1 aliphatic carbocycles. The van der Waals surface area contributed by atoms with Crippen LogP contribution in [0.25, 0.3) is 0 Å². The van der Waals surface area contributed by atoms with Crippen LogP contribution in [0.2, 0.25) is 0 Å². The van der Waals surface area contributed by atoms with Gasteiger partial charge < -0.3 is 19.9 Å². The van der Waals surface area contributed by atoms with Crippen LogP contribution in [0.3, 0.4) is 0 Å². The van der Waals surface area contributed by atoms with Gasteiger partial charge in [0.25, 0.3) is 11.8 Å². The molecule has 3 atom stereocenters. The van der Waals surface area contributed by atoms with Gasteiger partial charge in [0.15, 0.2) is 0 Å². The largest absolute Gasteiger partial charge is 0.368 e. The molecule has 1 aromatic rings. The van der Waals surface area contributed by atoms with Crippen molar-refractivity contribution in [1.82, 2.24) is 9.80 Å². The van der Waals surface area contributed by atoms with Crippen molar-refractivity contribution in [2.45, 2.75) is 32.3 Å². The van der Waals surface area contributed by atoms with Crippen molar-refractivity contribution in [1.29, 1.82) is 0 Å². The predicted octanol–water partition coefficient (Wildman–Crippen LogP) is 1.74. The molecule has 0 bridgehead atoms. The molecule has 3 amide bonds. The maximum atomic E-state index is 12.7. The lowest BCUT2D eigenvalue weighted by Crippen LogP contribution is -2.52. The Morgan fingerprint density at radius 3 is 2.25 bits per heavy atom. The van der Waals surface area contributed by atoms with Gasteiger partial charge in [-0.15, -0.1) is 0 Å². The molecule has 4 rings (SSSR count). The molecule has 0 aromatic heterocycles. The van der Waals surface area contributed by atoms with Crippen LogP contribution in [-0.2, 0) is 14.3 Å². The van der Waals surface area contributed by atoms with E-state index in [9.17, 15) is 14.4 Å². The molecule has 2 aliphatic heterocycles.